The highest BCUT2D eigenvalue weighted by Gasteiger charge is 2.01. The minimum atomic E-state index is -0.765. The summed E-state index contributed by atoms with van der Waals surface area (Å²) in [7, 11) is 0. The summed E-state index contributed by atoms with van der Waals surface area (Å²) < 4.78 is 1.93. The van der Waals surface area contributed by atoms with Gasteiger partial charge in [0, 0.05) is 15.4 Å². The molecule has 1 N–H and O–H groups in total. The Bertz CT molecular complexity index is 323. The summed E-state index contributed by atoms with van der Waals surface area (Å²) in [5.41, 5.74) is 1.03. The minimum Gasteiger partial charge on any atom is -0.481 e. The van der Waals surface area contributed by atoms with Crippen LogP contribution in [0.5, 0.6) is 0 Å². The molecule has 1 aromatic carbocycles. The van der Waals surface area contributed by atoms with Gasteiger partial charge in [0.25, 0.3) is 0 Å². The molecule has 0 aliphatic rings. The second-order valence-corrected chi connectivity index (χ2v) is 4.35. The largest absolute Gasteiger partial charge is 0.481 e. The van der Waals surface area contributed by atoms with Crippen molar-refractivity contribution in [3.05, 3.63) is 32.7 Å². The SMILES string of the molecule is O=C(O)CCc1ccc(Br)c(Br)c1. The predicted octanol–water partition coefficient (Wildman–Crippen LogP) is 3.23. The van der Waals surface area contributed by atoms with Gasteiger partial charge in [-0.3, -0.25) is 4.79 Å². The second kappa shape index (κ2) is 4.77. The fourth-order valence-corrected chi connectivity index (χ4v) is 1.62. The first-order chi connectivity index (χ1) is 6.09. The van der Waals surface area contributed by atoms with E-state index in [4.69, 9.17) is 5.11 Å². The van der Waals surface area contributed by atoms with Crippen molar-refractivity contribution in [2.45, 2.75) is 12.8 Å². The van der Waals surface area contributed by atoms with Crippen molar-refractivity contribution in [2.75, 3.05) is 0 Å². The molecule has 13 heavy (non-hydrogen) atoms. The summed E-state index contributed by atoms with van der Waals surface area (Å²) in [4.78, 5) is 10.3. The maximum Gasteiger partial charge on any atom is 0.303 e. The highest BCUT2D eigenvalue weighted by Crippen LogP contribution is 2.24. The van der Waals surface area contributed by atoms with Crippen molar-refractivity contribution >= 4 is 37.8 Å². The predicted molar refractivity (Wildman–Crippen MR) is 57.8 cm³/mol. The van der Waals surface area contributed by atoms with Crippen molar-refractivity contribution < 1.29 is 9.90 Å². The maximum absolute atomic E-state index is 10.3. The highest BCUT2D eigenvalue weighted by atomic mass is 79.9. The van der Waals surface area contributed by atoms with E-state index in [1.165, 1.54) is 0 Å². The molecule has 0 heterocycles. The van der Waals surface area contributed by atoms with Crippen LogP contribution in [0, 0.1) is 0 Å². The average molecular weight is 308 g/mol. The topological polar surface area (TPSA) is 37.3 Å². The summed E-state index contributed by atoms with van der Waals surface area (Å²) in [6.45, 7) is 0. The van der Waals surface area contributed by atoms with Gasteiger partial charge in [0.2, 0.25) is 0 Å². The van der Waals surface area contributed by atoms with Crippen molar-refractivity contribution in [3.8, 4) is 0 Å². The summed E-state index contributed by atoms with van der Waals surface area (Å²) in [6.07, 6.45) is 0.745. The second-order valence-electron chi connectivity index (χ2n) is 2.64. The van der Waals surface area contributed by atoms with E-state index in [2.05, 4.69) is 31.9 Å². The zero-order valence-electron chi connectivity index (χ0n) is 6.76. The molecule has 0 atom stereocenters. The number of carboxylic acids is 1. The van der Waals surface area contributed by atoms with Gasteiger partial charge in [-0.25, -0.2) is 0 Å². The molecule has 0 fully saturated rings. The first-order valence-electron chi connectivity index (χ1n) is 3.75. The van der Waals surface area contributed by atoms with Gasteiger partial charge >= 0.3 is 5.97 Å². The van der Waals surface area contributed by atoms with Crippen molar-refractivity contribution in [3.63, 3.8) is 0 Å². The summed E-state index contributed by atoms with van der Waals surface area (Å²) in [5.74, 6) is -0.765. The lowest BCUT2D eigenvalue weighted by atomic mass is 10.1. The van der Waals surface area contributed by atoms with E-state index in [1.807, 2.05) is 18.2 Å². The zero-order chi connectivity index (χ0) is 9.84. The third-order valence-corrected chi connectivity index (χ3v) is 3.49. The van der Waals surface area contributed by atoms with Gasteiger partial charge in [0.15, 0.2) is 0 Å². The first kappa shape index (κ1) is 10.7. The standard InChI is InChI=1S/C9H8Br2O2/c10-7-3-1-6(5-8(7)11)2-4-9(12)13/h1,3,5H,2,4H2,(H,12,13). The molecule has 0 aliphatic heterocycles. The van der Waals surface area contributed by atoms with Crippen LogP contribution in [-0.2, 0) is 11.2 Å². The van der Waals surface area contributed by atoms with Crippen LogP contribution >= 0.6 is 31.9 Å². The number of hydrogen-bond donors (Lipinski definition) is 1. The van der Waals surface area contributed by atoms with Crippen LogP contribution in [0.4, 0.5) is 0 Å². The fourth-order valence-electron chi connectivity index (χ4n) is 0.946. The number of aliphatic carboxylic acids is 1. The Morgan fingerprint density at radius 3 is 2.54 bits per heavy atom. The van der Waals surface area contributed by atoms with E-state index in [-0.39, 0.29) is 6.42 Å². The number of hydrogen-bond acceptors (Lipinski definition) is 1. The van der Waals surface area contributed by atoms with Gasteiger partial charge in [-0.1, -0.05) is 6.07 Å². The number of benzene rings is 1. The Balaban J connectivity index is 2.68. The van der Waals surface area contributed by atoms with E-state index in [9.17, 15) is 4.79 Å². The molecule has 4 heteroatoms. The molecule has 0 bridgehead atoms. The smallest absolute Gasteiger partial charge is 0.303 e. The van der Waals surface area contributed by atoms with Gasteiger partial charge in [-0.15, -0.1) is 0 Å². The van der Waals surface area contributed by atoms with Gasteiger partial charge < -0.3 is 5.11 Å². The molecular weight excluding hydrogens is 300 g/mol. The van der Waals surface area contributed by atoms with Crippen LogP contribution in [0.25, 0.3) is 0 Å². The Kier molecular flexibility index (Phi) is 3.93. The molecule has 0 unspecified atom stereocenters. The first-order valence-corrected chi connectivity index (χ1v) is 5.34. The van der Waals surface area contributed by atoms with Gasteiger partial charge in [-0.2, -0.15) is 0 Å². The Morgan fingerprint density at radius 2 is 2.00 bits per heavy atom. The number of halogens is 2. The van der Waals surface area contributed by atoms with Crippen LogP contribution in [0.2, 0.25) is 0 Å². The molecule has 0 aromatic heterocycles. The average Bonchev–Trinajstić information content (AvgIpc) is 2.07. The molecule has 0 radical (unpaired) electrons. The lowest BCUT2D eigenvalue weighted by Gasteiger charge is -2.00. The van der Waals surface area contributed by atoms with Crippen molar-refractivity contribution in [2.24, 2.45) is 0 Å². The van der Waals surface area contributed by atoms with Crippen molar-refractivity contribution in [1.29, 1.82) is 0 Å². The number of rotatable bonds is 3. The molecule has 70 valence electrons. The third kappa shape index (κ3) is 3.48. The number of aryl methyl sites for hydroxylation is 1. The Hall–Kier alpha value is -0.350. The fraction of sp³-hybridized carbons (Fsp3) is 0.222. The summed E-state index contributed by atoms with van der Waals surface area (Å²) in [5, 5.41) is 8.48. The van der Waals surface area contributed by atoms with Crippen LogP contribution in [-0.4, -0.2) is 11.1 Å². The van der Waals surface area contributed by atoms with Gasteiger partial charge in [0.05, 0.1) is 0 Å². The quantitative estimate of drug-likeness (QED) is 0.931. The van der Waals surface area contributed by atoms with E-state index >= 15 is 0 Å². The molecule has 0 saturated carbocycles. The van der Waals surface area contributed by atoms with Crippen LogP contribution in [0.1, 0.15) is 12.0 Å². The molecule has 1 aromatic rings. The molecule has 1 rings (SSSR count). The van der Waals surface area contributed by atoms with E-state index < -0.39 is 5.97 Å². The Labute approximate surface area is 93.2 Å². The minimum absolute atomic E-state index is 0.175. The third-order valence-electron chi connectivity index (χ3n) is 1.61. The van der Waals surface area contributed by atoms with Crippen LogP contribution in [0.15, 0.2) is 27.1 Å². The summed E-state index contributed by atoms with van der Waals surface area (Å²) >= 11 is 6.70. The van der Waals surface area contributed by atoms with Gasteiger partial charge in [0.1, 0.15) is 0 Å². The Morgan fingerprint density at radius 1 is 1.31 bits per heavy atom. The molecule has 0 saturated heterocycles. The highest BCUT2D eigenvalue weighted by molar-refractivity contribution is 9.13. The lowest BCUT2D eigenvalue weighted by molar-refractivity contribution is -0.136. The maximum atomic E-state index is 10.3. The molecule has 0 amide bonds. The number of carboxylic acid groups (broad SMARTS) is 1. The monoisotopic (exact) mass is 306 g/mol. The molecular formula is C9H8Br2O2. The molecule has 2 nitrogen and oxygen atoms in total. The van der Waals surface area contributed by atoms with E-state index in [1.54, 1.807) is 0 Å². The normalized spacial score (nSPS) is 10.0. The van der Waals surface area contributed by atoms with E-state index in [0.29, 0.717) is 6.42 Å². The van der Waals surface area contributed by atoms with E-state index in [0.717, 1.165) is 14.5 Å². The van der Waals surface area contributed by atoms with Crippen LogP contribution < -0.4 is 0 Å². The van der Waals surface area contributed by atoms with Crippen LogP contribution in [0.3, 0.4) is 0 Å². The number of carbonyl (C=O) groups is 1. The van der Waals surface area contributed by atoms with Gasteiger partial charge in [-0.05, 0) is 56.0 Å². The summed E-state index contributed by atoms with van der Waals surface area (Å²) in [6, 6.07) is 5.74. The van der Waals surface area contributed by atoms with Crippen molar-refractivity contribution in [1.82, 2.24) is 0 Å². The lowest BCUT2D eigenvalue weighted by Crippen LogP contribution is -1.97. The molecule has 0 aliphatic carbocycles. The molecule has 0 spiro atoms. The zero-order valence-corrected chi connectivity index (χ0v) is 9.93.